The number of nitrogens with zero attached hydrogens (tertiary/aromatic N) is 7. The molecule has 34 heavy (non-hydrogen) atoms. The van der Waals surface area contributed by atoms with Crippen LogP contribution in [0.1, 0.15) is 17.3 Å². The van der Waals surface area contributed by atoms with Crippen molar-refractivity contribution in [2.45, 2.75) is 13.5 Å². The van der Waals surface area contributed by atoms with Gasteiger partial charge in [-0.05, 0) is 43.3 Å². The zero-order valence-electron chi connectivity index (χ0n) is 19.2. The number of carbonyl (C=O) groups is 1. The summed E-state index contributed by atoms with van der Waals surface area (Å²) in [5, 5.41) is 0. The number of imidazole rings is 1. The number of aromatic nitrogens is 6. The number of aryl methyl sites for hydroxylation is 1. The van der Waals surface area contributed by atoms with E-state index in [-0.39, 0.29) is 5.91 Å². The van der Waals surface area contributed by atoms with Gasteiger partial charge in [0.2, 0.25) is 0 Å². The molecule has 1 amide bonds. The first-order valence-corrected chi connectivity index (χ1v) is 11.0. The minimum atomic E-state index is -0.0733. The topological polar surface area (TPSA) is 89.7 Å². The lowest BCUT2D eigenvalue weighted by Crippen LogP contribution is -2.21. The molecule has 0 bridgehead atoms. The molecule has 0 aliphatic heterocycles. The minimum Gasteiger partial charge on any atom is -0.345 e. The lowest BCUT2D eigenvalue weighted by atomic mass is 10.1. The average molecular weight is 450 g/mol. The van der Waals surface area contributed by atoms with E-state index >= 15 is 0 Å². The van der Waals surface area contributed by atoms with Crippen LogP contribution in [0.2, 0.25) is 0 Å². The number of amides is 1. The third-order valence-electron chi connectivity index (χ3n) is 5.58. The largest absolute Gasteiger partial charge is 0.345 e. The lowest BCUT2D eigenvalue weighted by Gasteiger charge is -2.12. The molecule has 5 rings (SSSR count). The molecule has 5 aromatic rings. The fraction of sp³-hybridized carbons (Fsp3) is 0.154. The van der Waals surface area contributed by atoms with Crippen LogP contribution in [-0.2, 0) is 6.54 Å². The van der Waals surface area contributed by atoms with Gasteiger partial charge < -0.3 is 9.47 Å². The summed E-state index contributed by atoms with van der Waals surface area (Å²) in [6.07, 6.45) is 6.98. The summed E-state index contributed by atoms with van der Waals surface area (Å²) in [4.78, 5) is 37.2. The van der Waals surface area contributed by atoms with Crippen molar-refractivity contribution in [3.63, 3.8) is 0 Å². The average Bonchev–Trinajstić information content (AvgIpc) is 3.27. The third kappa shape index (κ3) is 3.79. The maximum Gasteiger partial charge on any atom is 0.253 e. The van der Waals surface area contributed by atoms with E-state index in [1.165, 1.54) is 0 Å². The molecule has 4 aromatic heterocycles. The van der Waals surface area contributed by atoms with E-state index in [4.69, 9.17) is 15.0 Å². The first-order chi connectivity index (χ1) is 16.6. The molecule has 8 nitrogen and oxygen atoms in total. The normalized spacial score (nSPS) is 11.0. The molecule has 0 saturated carbocycles. The van der Waals surface area contributed by atoms with Crippen molar-refractivity contribution in [2.75, 3.05) is 14.1 Å². The summed E-state index contributed by atoms with van der Waals surface area (Å²) >= 11 is 0. The predicted molar refractivity (Wildman–Crippen MR) is 131 cm³/mol. The van der Waals surface area contributed by atoms with Crippen LogP contribution in [0, 0.1) is 0 Å². The molecule has 4 heterocycles. The van der Waals surface area contributed by atoms with Crippen LogP contribution in [0.3, 0.4) is 0 Å². The summed E-state index contributed by atoms with van der Waals surface area (Å²) in [7, 11) is 3.47. The molecule has 0 radical (unpaired) electrons. The van der Waals surface area contributed by atoms with Crippen molar-refractivity contribution in [1.82, 2.24) is 34.4 Å². The fourth-order valence-corrected chi connectivity index (χ4v) is 3.91. The second-order valence-electron chi connectivity index (χ2n) is 8.00. The number of benzene rings is 1. The van der Waals surface area contributed by atoms with E-state index < -0.39 is 0 Å². The van der Waals surface area contributed by atoms with Crippen molar-refractivity contribution in [3.05, 3.63) is 78.9 Å². The van der Waals surface area contributed by atoms with E-state index in [0.29, 0.717) is 29.1 Å². The Morgan fingerprint density at radius 1 is 0.853 bits per heavy atom. The van der Waals surface area contributed by atoms with Crippen LogP contribution in [0.5, 0.6) is 0 Å². The third-order valence-corrected chi connectivity index (χ3v) is 5.58. The molecule has 0 atom stereocenters. The van der Waals surface area contributed by atoms with Crippen LogP contribution in [0.15, 0.2) is 73.3 Å². The number of fused-ring (bicyclic) bond motifs is 1. The van der Waals surface area contributed by atoms with E-state index in [1.54, 1.807) is 49.8 Å². The number of hydrogen-bond donors (Lipinski definition) is 0. The quantitative estimate of drug-likeness (QED) is 0.397. The summed E-state index contributed by atoms with van der Waals surface area (Å²) in [5.74, 6) is 1.26. The summed E-state index contributed by atoms with van der Waals surface area (Å²) in [5.41, 5.74) is 5.35. The van der Waals surface area contributed by atoms with Gasteiger partial charge in [-0.15, -0.1) is 0 Å². The Hall–Kier alpha value is -4.46. The van der Waals surface area contributed by atoms with Gasteiger partial charge in [-0.3, -0.25) is 14.8 Å². The Labute approximate surface area is 197 Å². The highest BCUT2D eigenvalue weighted by atomic mass is 16.2. The summed E-state index contributed by atoms with van der Waals surface area (Å²) < 4.78 is 2.08. The first kappa shape index (κ1) is 21.4. The van der Waals surface area contributed by atoms with Crippen molar-refractivity contribution in [2.24, 2.45) is 0 Å². The number of pyridine rings is 2. The zero-order valence-corrected chi connectivity index (χ0v) is 19.2. The Kier molecular flexibility index (Phi) is 5.55. The Morgan fingerprint density at radius 2 is 1.53 bits per heavy atom. The molecule has 1 aromatic carbocycles. The Bertz CT molecular complexity index is 1480. The predicted octanol–water partition coefficient (Wildman–Crippen LogP) is 4.34. The molecular formula is C26H23N7O. The van der Waals surface area contributed by atoms with Gasteiger partial charge in [0.25, 0.3) is 5.91 Å². The van der Waals surface area contributed by atoms with Gasteiger partial charge in [-0.1, -0.05) is 12.1 Å². The van der Waals surface area contributed by atoms with Crippen molar-refractivity contribution >= 4 is 17.1 Å². The highest BCUT2D eigenvalue weighted by Gasteiger charge is 2.20. The summed E-state index contributed by atoms with van der Waals surface area (Å²) in [6, 6.07) is 15.1. The van der Waals surface area contributed by atoms with E-state index in [2.05, 4.69) is 21.5 Å². The Morgan fingerprint density at radius 3 is 2.18 bits per heavy atom. The maximum atomic E-state index is 12.5. The van der Waals surface area contributed by atoms with Gasteiger partial charge in [0, 0.05) is 67.7 Å². The molecule has 0 aliphatic carbocycles. The highest BCUT2D eigenvalue weighted by molar-refractivity contribution is 5.95. The number of rotatable bonds is 5. The molecule has 0 N–H and O–H groups in total. The molecule has 0 aliphatic rings. The van der Waals surface area contributed by atoms with Gasteiger partial charge in [0.1, 0.15) is 17.0 Å². The number of hydrogen-bond acceptors (Lipinski definition) is 6. The second kappa shape index (κ2) is 8.82. The minimum absolute atomic E-state index is 0.0733. The zero-order chi connectivity index (χ0) is 23.7. The van der Waals surface area contributed by atoms with Gasteiger partial charge in [0.15, 0.2) is 11.5 Å². The lowest BCUT2D eigenvalue weighted by molar-refractivity contribution is 0.0827. The molecule has 0 fully saturated rings. The van der Waals surface area contributed by atoms with Crippen LogP contribution >= 0.6 is 0 Å². The van der Waals surface area contributed by atoms with Crippen LogP contribution in [-0.4, -0.2) is 54.4 Å². The molecule has 168 valence electrons. The van der Waals surface area contributed by atoms with Gasteiger partial charge in [-0.25, -0.2) is 15.0 Å². The molecule has 0 spiro atoms. The van der Waals surface area contributed by atoms with Crippen LogP contribution < -0.4 is 0 Å². The van der Waals surface area contributed by atoms with Crippen molar-refractivity contribution in [1.29, 1.82) is 0 Å². The maximum absolute atomic E-state index is 12.5. The Balaban J connectivity index is 1.78. The fourth-order valence-electron chi connectivity index (χ4n) is 3.91. The highest BCUT2D eigenvalue weighted by Crippen LogP contribution is 2.32. The van der Waals surface area contributed by atoms with E-state index in [1.807, 2.05) is 42.5 Å². The van der Waals surface area contributed by atoms with E-state index in [9.17, 15) is 4.79 Å². The standard InChI is InChI=1S/C26H23N7O/c1-4-33-24(18-10-14-28-15-11-18)30-22-21(17-8-12-27-13-9-17)29-23(31-25(22)33)19-6-5-7-20(16-19)26(34)32(2)3/h5-16H,4H2,1-3H3. The molecule has 0 saturated heterocycles. The van der Waals surface area contributed by atoms with Crippen LogP contribution in [0.25, 0.3) is 45.2 Å². The van der Waals surface area contributed by atoms with Crippen LogP contribution in [0.4, 0.5) is 0 Å². The van der Waals surface area contributed by atoms with Crippen molar-refractivity contribution < 1.29 is 4.79 Å². The first-order valence-electron chi connectivity index (χ1n) is 11.0. The molecular weight excluding hydrogens is 426 g/mol. The molecule has 0 unspecified atom stereocenters. The molecule has 8 heteroatoms. The van der Waals surface area contributed by atoms with Gasteiger partial charge in [-0.2, -0.15) is 0 Å². The van der Waals surface area contributed by atoms with Gasteiger partial charge >= 0.3 is 0 Å². The number of carbonyl (C=O) groups excluding carboxylic acids is 1. The van der Waals surface area contributed by atoms with Crippen molar-refractivity contribution in [3.8, 4) is 34.0 Å². The van der Waals surface area contributed by atoms with Gasteiger partial charge in [0.05, 0.1) is 0 Å². The SMILES string of the molecule is CCn1c(-c2ccncc2)nc2c(-c3ccncc3)nc(-c3cccc(C(=O)N(C)C)c3)nc21. The monoisotopic (exact) mass is 449 g/mol. The summed E-state index contributed by atoms with van der Waals surface area (Å²) in [6.45, 7) is 2.75. The smallest absolute Gasteiger partial charge is 0.253 e. The van der Waals surface area contributed by atoms with E-state index in [0.717, 1.165) is 28.2 Å². The second-order valence-corrected chi connectivity index (χ2v) is 8.00.